The predicted molar refractivity (Wildman–Crippen MR) is 87.7 cm³/mol. The first kappa shape index (κ1) is 15.8. The van der Waals surface area contributed by atoms with Gasteiger partial charge in [0.05, 0.1) is 5.69 Å². The lowest BCUT2D eigenvalue weighted by atomic mass is 10.1. The molecular weight excluding hydrogens is 294 g/mol. The van der Waals surface area contributed by atoms with Gasteiger partial charge >= 0.3 is 0 Å². The number of likely N-dealkylation sites (tertiary alicyclic amines) is 1. The van der Waals surface area contributed by atoms with Gasteiger partial charge in [0.15, 0.2) is 6.61 Å². The van der Waals surface area contributed by atoms with Crippen molar-refractivity contribution < 1.29 is 14.3 Å². The molecule has 2 aliphatic heterocycles. The van der Waals surface area contributed by atoms with E-state index in [0.29, 0.717) is 29.0 Å². The molecule has 6 heteroatoms. The second-order valence-electron chi connectivity index (χ2n) is 6.65. The van der Waals surface area contributed by atoms with Crippen LogP contribution < -0.4 is 15.4 Å². The zero-order chi connectivity index (χ0) is 16.6. The van der Waals surface area contributed by atoms with E-state index in [-0.39, 0.29) is 24.5 Å². The second-order valence-corrected chi connectivity index (χ2v) is 6.65. The van der Waals surface area contributed by atoms with Crippen LogP contribution in [0.25, 0.3) is 0 Å². The van der Waals surface area contributed by atoms with Crippen molar-refractivity contribution in [3.8, 4) is 5.75 Å². The number of anilines is 1. The van der Waals surface area contributed by atoms with E-state index < -0.39 is 0 Å². The van der Waals surface area contributed by atoms with Gasteiger partial charge in [-0.05, 0) is 38.0 Å². The number of ether oxygens (including phenoxy) is 1. The van der Waals surface area contributed by atoms with Crippen LogP contribution in [0.1, 0.15) is 31.1 Å². The van der Waals surface area contributed by atoms with Crippen LogP contribution in [0.4, 0.5) is 5.69 Å². The minimum atomic E-state index is -0.202. The van der Waals surface area contributed by atoms with Gasteiger partial charge in [-0.15, -0.1) is 0 Å². The summed E-state index contributed by atoms with van der Waals surface area (Å²) in [4.78, 5) is 26.3. The van der Waals surface area contributed by atoms with Crippen LogP contribution in [-0.4, -0.2) is 48.5 Å². The average molecular weight is 317 g/mol. The summed E-state index contributed by atoms with van der Waals surface area (Å²) < 4.78 is 5.31. The Morgan fingerprint density at radius 1 is 1.39 bits per heavy atom. The highest BCUT2D eigenvalue weighted by Gasteiger charge is 2.32. The van der Waals surface area contributed by atoms with Gasteiger partial charge in [-0.3, -0.25) is 14.5 Å². The molecule has 1 aromatic rings. The number of nitrogens with zero attached hydrogens (tertiary/aromatic N) is 1. The maximum absolute atomic E-state index is 12.5. The summed E-state index contributed by atoms with van der Waals surface area (Å²) in [5.41, 5.74) is 1.09. The summed E-state index contributed by atoms with van der Waals surface area (Å²) in [5.74, 6) is 0.700. The number of amides is 2. The molecule has 2 amide bonds. The fourth-order valence-electron chi connectivity index (χ4n) is 3.09. The van der Waals surface area contributed by atoms with E-state index in [9.17, 15) is 9.59 Å². The molecular formula is C17H23N3O3. The van der Waals surface area contributed by atoms with Gasteiger partial charge in [0.2, 0.25) is 0 Å². The van der Waals surface area contributed by atoms with E-state index in [1.807, 2.05) is 0 Å². The standard InChI is InChI=1S/C17H23N3O3/c1-10(2)20-7-11(3)14(8-20)19-17(22)12-4-5-15-13(6-12)18-16(21)9-23-15/h4-6,10-11,14H,7-9H2,1-3H3,(H,18,21)(H,19,22). The van der Waals surface area contributed by atoms with Crippen LogP contribution in [0, 0.1) is 5.92 Å². The van der Waals surface area contributed by atoms with E-state index in [1.165, 1.54) is 0 Å². The predicted octanol–water partition coefficient (Wildman–Crippen LogP) is 1.48. The zero-order valence-electron chi connectivity index (χ0n) is 13.8. The van der Waals surface area contributed by atoms with Crippen LogP contribution in [0.3, 0.4) is 0 Å². The SMILES string of the molecule is CC1CN(C(C)C)CC1NC(=O)c1ccc2c(c1)NC(=O)CO2. The van der Waals surface area contributed by atoms with Crippen molar-refractivity contribution in [2.45, 2.75) is 32.9 Å². The summed E-state index contributed by atoms with van der Waals surface area (Å²) in [6.07, 6.45) is 0. The molecule has 6 nitrogen and oxygen atoms in total. The lowest BCUT2D eigenvalue weighted by Crippen LogP contribution is -2.40. The van der Waals surface area contributed by atoms with Gasteiger partial charge in [0.1, 0.15) is 5.75 Å². The highest BCUT2D eigenvalue weighted by Crippen LogP contribution is 2.28. The third-order valence-electron chi connectivity index (χ3n) is 4.56. The van der Waals surface area contributed by atoms with Crippen LogP contribution in [0.15, 0.2) is 18.2 Å². The van der Waals surface area contributed by atoms with Gasteiger partial charge in [-0.2, -0.15) is 0 Å². The first-order valence-electron chi connectivity index (χ1n) is 8.05. The second kappa shape index (κ2) is 6.20. The molecule has 1 aromatic carbocycles. The number of hydrogen-bond donors (Lipinski definition) is 2. The number of benzene rings is 1. The highest BCUT2D eigenvalue weighted by molar-refractivity contribution is 5.99. The van der Waals surface area contributed by atoms with Crippen LogP contribution in [0.5, 0.6) is 5.75 Å². The largest absolute Gasteiger partial charge is 0.482 e. The third-order valence-corrected chi connectivity index (χ3v) is 4.56. The van der Waals surface area contributed by atoms with Crippen LogP contribution in [-0.2, 0) is 4.79 Å². The van der Waals surface area contributed by atoms with E-state index in [0.717, 1.165) is 13.1 Å². The van der Waals surface area contributed by atoms with E-state index in [4.69, 9.17) is 4.74 Å². The molecule has 0 bridgehead atoms. The number of hydrogen-bond acceptors (Lipinski definition) is 4. The molecule has 2 aliphatic rings. The Hall–Kier alpha value is -2.08. The Morgan fingerprint density at radius 3 is 2.87 bits per heavy atom. The summed E-state index contributed by atoms with van der Waals surface area (Å²) in [7, 11) is 0. The number of carbonyl (C=O) groups excluding carboxylic acids is 2. The molecule has 2 heterocycles. The lowest BCUT2D eigenvalue weighted by Gasteiger charge is -2.21. The van der Waals surface area contributed by atoms with Crippen molar-refractivity contribution in [1.82, 2.24) is 10.2 Å². The molecule has 0 saturated carbocycles. The summed E-state index contributed by atoms with van der Waals surface area (Å²) >= 11 is 0. The zero-order valence-corrected chi connectivity index (χ0v) is 13.8. The van der Waals surface area contributed by atoms with Crippen molar-refractivity contribution in [1.29, 1.82) is 0 Å². The Bertz CT molecular complexity index is 630. The molecule has 1 saturated heterocycles. The molecule has 1 fully saturated rings. The Kier molecular flexibility index (Phi) is 4.26. The smallest absolute Gasteiger partial charge is 0.262 e. The number of rotatable bonds is 3. The Labute approximate surface area is 136 Å². The van der Waals surface area contributed by atoms with Gasteiger partial charge in [-0.1, -0.05) is 6.92 Å². The van der Waals surface area contributed by atoms with Crippen LogP contribution in [0.2, 0.25) is 0 Å². The Morgan fingerprint density at radius 2 is 2.17 bits per heavy atom. The highest BCUT2D eigenvalue weighted by atomic mass is 16.5. The summed E-state index contributed by atoms with van der Waals surface area (Å²) in [5, 5.41) is 5.84. The monoisotopic (exact) mass is 317 g/mol. The Balaban J connectivity index is 1.69. The average Bonchev–Trinajstić information content (AvgIpc) is 2.87. The quantitative estimate of drug-likeness (QED) is 0.886. The molecule has 0 aromatic heterocycles. The first-order chi connectivity index (χ1) is 10.9. The normalized spacial score (nSPS) is 24.1. The molecule has 2 unspecified atom stereocenters. The van der Waals surface area contributed by atoms with Gasteiger partial charge in [-0.25, -0.2) is 0 Å². The molecule has 0 aliphatic carbocycles. The molecule has 0 spiro atoms. The minimum Gasteiger partial charge on any atom is -0.482 e. The lowest BCUT2D eigenvalue weighted by molar-refractivity contribution is -0.118. The topological polar surface area (TPSA) is 70.7 Å². The third kappa shape index (κ3) is 3.32. The molecule has 124 valence electrons. The summed E-state index contributed by atoms with van der Waals surface area (Å²) in [6, 6.07) is 5.75. The number of carbonyl (C=O) groups is 2. The molecule has 3 rings (SSSR count). The van der Waals surface area contributed by atoms with Crippen molar-refractivity contribution in [3.05, 3.63) is 23.8 Å². The number of nitrogens with one attached hydrogen (secondary N) is 2. The number of fused-ring (bicyclic) bond motifs is 1. The van der Waals surface area contributed by atoms with Gasteiger partial charge in [0, 0.05) is 30.7 Å². The fourth-order valence-corrected chi connectivity index (χ4v) is 3.09. The van der Waals surface area contributed by atoms with Gasteiger partial charge in [0.25, 0.3) is 11.8 Å². The van der Waals surface area contributed by atoms with E-state index in [2.05, 4.69) is 36.3 Å². The van der Waals surface area contributed by atoms with Crippen LogP contribution >= 0.6 is 0 Å². The van der Waals surface area contributed by atoms with E-state index >= 15 is 0 Å². The molecule has 23 heavy (non-hydrogen) atoms. The molecule has 0 radical (unpaired) electrons. The summed E-state index contributed by atoms with van der Waals surface area (Å²) in [6.45, 7) is 8.38. The van der Waals surface area contributed by atoms with Crippen molar-refractivity contribution in [3.63, 3.8) is 0 Å². The maximum Gasteiger partial charge on any atom is 0.262 e. The fraction of sp³-hybridized carbons (Fsp3) is 0.529. The first-order valence-corrected chi connectivity index (χ1v) is 8.05. The molecule has 2 N–H and O–H groups in total. The van der Waals surface area contributed by atoms with Crippen molar-refractivity contribution in [2.24, 2.45) is 5.92 Å². The van der Waals surface area contributed by atoms with E-state index in [1.54, 1.807) is 18.2 Å². The molecule has 2 atom stereocenters. The van der Waals surface area contributed by atoms with Gasteiger partial charge < -0.3 is 15.4 Å². The van der Waals surface area contributed by atoms with Crippen molar-refractivity contribution in [2.75, 3.05) is 25.0 Å². The van der Waals surface area contributed by atoms with Crippen molar-refractivity contribution >= 4 is 17.5 Å². The maximum atomic E-state index is 12.5. The minimum absolute atomic E-state index is 0.0170.